The normalized spacial score (nSPS) is 10.2. The maximum atomic E-state index is 10.6. The van der Waals surface area contributed by atoms with Crippen molar-refractivity contribution in [3.05, 3.63) is 23.3 Å². The van der Waals surface area contributed by atoms with Gasteiger partial charge in [-0.05, 0) is 44.0 Å². The third-order valence-corrected chi connectivity index (χ3v) is 2.87. The fraction of sp³-hybridized carbons (Fsp3) is 0.500. The molecule has 0 aromatic heterocycles. The summed E-state index contributed by atoms with van der Waals surface area (Å²) in [7, 11) is 1.91. The van der Waals surface area contributed by atoms with Crippen LogP contribution in [0.1, 0.15) is 24.5 Å². The molecule has 0 spiro atoms. The number of ether oxygens (including phenoxy) is 1. The minimum Gasteiger partial charge on any atom is -0.494 e. The first-order valence-corrected chi connectivity index (χ1v) is 6.12. The number of nitrogens with zero attached hydrogens (tertiary/aromatic N) is 1. The molecule has 1 N–H and O–H groups in total. The summed E-state index contributed by atoms with van der Waals surface area (Å²) < 4.78 is 5.54. The van der Waals surface area contributed by atoms with Crippen molar-refractivity contribution in [3.63, 3.8) is 0 Å². The van der Waals surface area contributed by atoms with E-state index in [1.54, 1.807) is 0 Å². The first-order chi connectivity index (χ1) is 8.45. The molecule has 1 aromatic rings. The van der Waals surface area contributed by atoms with Crippen LogP contribution in [0.15, 0.2) is 12.1 Å². The van der Waals surface area contributed by atoms with Crippen LogP contribution < -0.4 is 9.64 Å². The van der Waals surface area contributed by atoms with Crippen LogP contribution in [0.25, 0.3) is 0 Å². The number of carboxylic acids is 1. The molecule has 100 valence electrons. The molecule has 0 aliphatic heterocycles. The second-order valence-corrected chi connectivity index (χ2v) is 4.40. The maximum absolute atomic E-state index is 10.6. The van der Waals surface area contributed by atoms with Crippen molar-refractivity contribution in [1.29, 1.82) is 0 Å². The predicted octanol–water partition coefficient (Wildman–Crippen LogP) is 2.61. The van der Waals surface area contributed by atoms with Gasteiger partial charge < -0.3 is 14.7 Å². The van der Waals surface area contributed by atoms with Crippen molar-refractivity contribution >= 4 is 11.7 Å². The number of carbonyl (C=O) groups is 1. The van der Waals surface area contributed by atoms with Gasteiger partial charge in [0.05, 0.1) is 13.0 Å². The lowest BCUT2D eigenvalue weighted by atomic mass is 10.1. The molecule has 0 atom stereocenters. The highest BCUT2D eigenvalue weighted by Gasteiger charge is 2.10. The molecule has 18 heavy (non-hydrogen) atoms. The van der Waals surface area contributed by atoms with Crippen molar-refractivity contribution in [1.82, 2.24) is 0 Å². The molecular weight excluding hydrogens is 230 g/mol. The summed E-state index contributed by atoms with van der Waals surface area (Å²) in [5.74, 6) is 0.118. The average Bonchev–Trinajstić information content (AvgIpc) is 2.30. The largest absolute Gasteiger partial charge is 0.494 e. The maximum Gasteiger partial charge on any atom is 0.305 e. The molecule has 1 aromatic carbocycles. The van der Waals surface area contributed by atoms with Gasteiger partial charge in [-0.15, -0.1) is 0 Å². The standard InChI is InChI=1S/C14H21NO3/c1-5-18-13-9-10(2)12(8-11(13)3)15(4)7-6-14(16)17/h8-9H,5-7H2,1-4H3,(H,16,17). The molecule has 0 heterocycles. The van der Waals surface area contributed by atoms with Crippen LogP contribution in [0.4, 0.5) is 5.69 Å². The smallest absolute Gasteiger partial charge is 0.305 e. The van der Waals surface area contributed by atoms with Gasteiger partial charge in [-0.3, -0.25) is 4.79 Å². The topological polar surface area (TPSA) is 49.8 Å². The van der Waals surface area contributed by atoms with E-state index in [1.807, 2.05) is 44.9 Å². The average molecular weight is 251 g/mol. The SMILES string of the molecule is CCOc1cc(C)c(N(C)CCC(=O)O)cc1C. The van der Waals surface area contributed by atoms with Gasteiger partial charge >= 0.3 is 5.97 Å². The monoisotopic (exact) mass is 251 g/mol. The van der Waals surface area contributed by atoms with Gasteiger partial charge in [0.15, 0.2) is 0 Å². The van der Waals surface area contributed by atoms with E-state index < -0.39 is 5.97 Å². The number of aryl methyl sites for hydroxylation is 2. The van der Waals surface area contributed by atoms with E-state index in [0.717, 1.165) is 22.6 Å². The number of hydrogen-bond donors (Lipinski definition) is 1. The van der Waals surface area contributed by atoms with Gasteiger partial charge in [-0.2, -0.15) is 0 Å². The minimum absolute atomic E-state index is 0.141. The lowest BCUT2D eigenvalue weighted by molar-refractivity contribution is -0.136. The van der Waals surface area contributed by atoms with Crippen LogP contribution in [0.2, 0.25) is 0 Å². The Labute approximate surface area is 108 Å². The number of hydrogen-bond acceptors (Lipinski definition) is 3. The van der Waals surface area contributed by atoms with E-state index in [-0.39, 0.29) is 6.42 Å². The second-order valence-electron chi connectivity index (χ2n) is 4.40. The molecule has 0 amide bonds. The lowest BCUT2D eigenvalue weighted by Crippen LogP contribution is -2.22. The molecule has 0 saturated carbocycles. The van der Waals surface area contributed by atoms with Crippen LogP contribution in [-0.4, -0.2) is 31.3 Å². The molecule has 0 unspecified atom stereocenters. The third kappa shape index (κ3) is 3.65. The number of carboxylic acid groups (broad SMARTS) is 1. The molecule has 0 bridgehead atoms. The summed E-state index contributed by atoms with van der Waals surface area (Å²) in [6.45, 7) is 7.12. The van der Waals surface area contributed by atoms with E-state index in [9.17, 15) is 4.79 Å². The Morgan fingerprint density at radius 1 is 1.33 bits per heavy atom. The molecule has 4 heteroatoms. The van der Waals surface area contributed by atoms with E-state index in [0.29, 0.717) is 13.2 Å². The Morgan fingerprint density at radius 2 is 2.00 bits per heavy atom. The van der Waals surface area contributed by atoms with Gasteiger partial charge in [0.25, 0.3) is 0 Å². The quantitative estimate of drug-likeness (QED) is 0.844. The number of aliphatic carboxylic acids is 1. The summed E-state index contributed by atoms with van der Waals surface area (Å²) in [5.41, 5.74) is 3.22. The fourth-order valence-corrected chi connectivity index (χ4v) is 1.88. The summed E-state index contributed by atoms with van der Waals surface area (Å²) >= 11 is 0. The highest BCUT2D eigenvalue weighted by atomic mass is 16.5. The van der Waals surface area contributed by atoms with Crippen LogP contribution in [0, 0.1) is 13.8 Å². The van der Waals surface area contributed by atoms with Crippen molar-refractivity contribution in [2.75, 3.05) is 25.1 Å². The molecule has 4 nitrogen and oxygen atoms in total. The first kappa shape index (κ1) is 14.4. The van der Waals surface area contributed by atoms with Gasteiger partial charge in [0, 0.05) is 19.3 Å². The van der Waals surface area contributed by atoms with Crippen LogP contribution in [0.3, 0.4) is 0 Å². The van der Waals surface area contributed by atoms with Gasteiger partial charge in [0.2, 0.25) is 0 Å². The van der Waals surface area contributed by atoms with E-state index in [1.165, 1.54) is 0 Å². The molecule has 0 aliphatic rings. The van der Waals surface area contributed by atoms with Crippen LogP contribution in [-0.2, 0) is 4.79 Å². The Balaban J connectivity index is 2.89. The Hall–Kier alpha value is -1.71. The van der Waals surface area contributed by atoms with Crippen LogP contribution >= 0.6 is 0 Å². The molecule has 0 fully saturated rings. The van der Waals surface area contributed by atoms with Crippen molar-refractivity contribution in [3.8, 4) is 5.75 Å². The Morgan fingerprint density at radius 3 is 2.56 bits per heavy atom. The summed E-state index contributed by atoms with van der Waals surface area (Å²) in [5, 5.41) is 8.70. The van der Waals surface area contributed by atoms with Crippen LogP contribution in [0.5, 0.6) is 5.75 Å². The van der Waals surface area contributed by atoms with Gasteiger partial charge in [-0.1, -0.05) is 0 Å². The van der Waals surface area contributed by atoms with Crippen molar-refractivity contribution in [2.45, 2.75) is 27.2 Å². The molecule has 0 radical (unpaired) electrons. The third-order valence-electron chi connectivity index (χ3n) is 2.87. The van der Waals surface area contributed by atoms with Crippen molar-refractivity contribution in [2.24, 2.45) is 0 Å². The predicted molar refractivity (Wildman–Crippen MR) is 72.6 cm³/mol. The van der Waals surface area contributed by atoms with E-state index in [4.69, 9.17) is 9.84 Å². The minimum atomic E-state index is -0.776. The summed E-state index contributed by atoms with van der Waals surface area (Å²) in [6, 6.07) is 4.05. The molecular formula is C14H21NO3. The van der Waals surface area contributed by atoms with Gasteiger partial charge in [-0.25, -0.2) is 0 Å². The van der Waals surface area contributed by atoms with Crippen molar-refractivity contribution < 1.29 is 14.6 Å². The van der Waals surface area contributed by atoms with E-state index in [2.05, 4.69) is 0 Å². The molecule has 0 saturated heterocycles. The Kier molecular flexibility index (Phi) is 5.01. The fourth-order valence-electron chi connectivity index (χ4n) is 1.88. The zero-order chi connectivity index (χ0) is 13.7. The zero-order valence-corrected chi connectivity index (χ0v) is 11.5. The summed E-state index contributed by atoms with van der Waals surface area (Å²) in [4.78, 5) is 12.5. The number of benzene rings is 1. The van der Waals surface area contributed by atoms with Gasteiger partial charge in [0.1, 0.15) is 5.75 Å². The molecule has 0 aliphatic carbocycles. The molecule has 1 rings (SSSR count). The second kappa shape index (κ2) is 6.28. The highest BCUT2D eigenvalue weighted by Crippen LogP contribution is 2.28. The number of anilines is 1. The first-order valence-electron chi connectivity index (χ1n) is 6.12. The summed E-state index contributed by atoms with van der Waals surface area (Å²) in [6.07, 6.45) is 0.141. The number of rotatable bonds is 6. The Bertz CT molecular complexity index is 429. The zero-order valence-electron chi connectivity index (χ0n) is 11.5. The lowest BCUT2D eigenvalue weighted by Gasteiger charge is -2.22. The highest BCUT2D eigenvalue weighted by molar-refractivity contribution is 5.68. The van der Waals surface area contributed by atoms with E-state index >= 15 is 0 Å².